The number of aryl methyl sites for hydroxylation is 2. The van der Waals surface area contributed by atoms with E-state index in [0.717, 1.165) is 50.3 Å². The van der Waals surface area contributed by atoms with Crippen molar-refractivity contribution in [3.05, 3.63) is 41.7 Å². The van der Waals surface area contributed by atoms with Gasteiger partial charge in [0.2, 0.25) is 0 Å². The molecule has 24 heavy (non-hydrogen) atoms. The molecule has 1 spiro atoms. The fraction of sp³-hybridized carbons (Fsp3) is 0.526. The predicted molar refractivity (Wildman–Crippen MR) is 93.6 cm³/mol. The molecule has 0 atom stereocenters. The maximum atomic E-state index is 5.80. The molecule has 1 saturated heterocycles. The van der Waals surface area contributed by atoms with Gasteiger partial charge in [-0.25, -0.2) is 4.68 Å². The van der Waals surface area contributed by atoms with Crippen LogP contribution in [0.15, 0.2) is 30.6 Å². The molecule has 1 N–H and O–H groups in total. The Morgan fingerprint density at radius 2 is 1.92 bits per heavy atom. The van der Waals surface area contributed by atoms with E-state index >= 15 is 0 Å². The van der Waals surface area contributed by atoms with E-state index in [2.05, 4.69) is 48.7 Å². The summed E-state index contributed by atoms with van der Waals surface area (Å²) in [4.78, 5) is 0. The van der Waals surface area contributed by atoms with Crippen LogP contribution in [0.4, 0.5) is 5.69 Å². The minimum atomic E-state index is -0.290. The lowest BCUT2D eigenvalue weighted by molar-refractivity contribution is -0.177. The van der Waals surface area contributed by atoms with Crippen molar-refractivity contribution in [2.75, 3.05) is 18.5 Å². The summed E-state index contributed by atoms with van der Waals surface area (Å²) in [7, 11) is 0. The van der Waals surface area contributed by atoms with Gasteiger partial charge in [-0.05, 0) is 38.3 Å². The number of anilines is 1. The molecule has 128 valence electrons. The number of benzene rings is 1. The Hall–Kier alpha value is -1.85. The standard InChI is InChI=1S/C19H25N3O2/c1-14-3-4-18(15(2)11-14)22-13-17(12-20-22)21-16-5-7-19(8-6-16)23-9-10-24-19/h3-4,11-13,16,21H,5-10H2,1-2H3. The molecule has 2 aromatic rings. The van der Waals surface area contributed by atoms with Crippen LogP contribution in [0.3, 0.4) is 0 Å². The molecule has 1 aromatic heterocycles. The highest BCUT2D eigenvalue weighted by Crippen LogP contribution is 2.36. The van der Waals surface area contributed by atoms with Gasteiger partial charge in [-0.1, -0.05) is 17.7 Å². The lowest BCUT2D eigenvalue weighted by atomic mass is 9.90. The van der Waals surface area contributed by atoms with Gasteiger partial charge in [0.1, 0.15) is 0 Å². The Bertz CT molecular complexity index is 709. The molecule has 2 aliphatic rings. The van der Waals surface area contributed by atoms with Crippen LogP contribution < -0.4 is 5.32 Å². The van der Waals surface area contributed by atoms with E-state index in [1.807, 2.05) is 10.9 Å². The summed E-state index contributed by atoms with van der Waals surface area (Å²) in [6, 6.07) is 6.90. The number of hydrogen-bond acceptors (Lipinski definition) is 4. The van der Waals surface area contributed by atoms with Crippen LogP contribution in [0.25, 0.3) is 5.69 Å². The minimum Gasteiger partial charge on any atom is -0.380 e. The van der Waals surface area contributed by atoms with Gasteiger partial charge in [0.25, 0.3) is 0 Å². The second-order valence-corrected chi connectivity index (χ2v) is 6.99. The Morgan fingerprint density at radius 3 is 2.62 bits per heavy atom. The van der Waals surface area contributed by atoms with Crippen molar-refractivity contribution in [3.8, 4) is 5.69 Å². The predicted octanol–water partition coefficient (Wildman–Crippen LogP) is 3.59. The maximum absolute atomic E-state index is 5.80. The molecular weight excluding hydrogens is 302 g/mol. The number of nitrogens with zero attached hydrogens (tertiary/aromatic N) is 2. The average molecular weight is 327 g/mol. The molecule has 2 heterocycles. The summed E-state index contributed by atoms with van der Waals surface area (Å²) >= 11 is 0. The molecule has 1 saturated carbocycles. The van der Waals surface area contributed by atoms with E-state index < -0.39 is 0 Å². The van der Waals surface area contributed by atoms with Crippen molar-refractivity contribution >= 4 is 5.69 Å². The van der Waals surface area contributed by atoms with E-state index in [-0.39, 0.29) is 5.79 Å². The molecule has 0 radical (unpaired) electrons. The fourth-order valence-electron chi connectivity index (χ4n) is 3.81. The van der Waals surface area contributed by atoms with Gasteiger partial charge in [0.15, 0.2) is 5.79 Å². The van der Waals surface area contributed by atoms with Crippen LogP contribution in [-0.2, 0) is 9.47 Å². The second kappa shape index (κ2) is 6.22. The summed E-state index contributed by atoms with van der Waals surface area (Å²) in [5.41, 5.74) is 4.71. The summed E-state index contributed by atoms with van der Waals surface area (Å²) in [6.45, 7) is 5.71. The van der Waals surface area contributed by atoms with Crippen LogP contribution >= 0.6 is 0 Å². The number of rotatable bonds is 3. The highest BCUT2D eigenvalue weighted by Gasteiger charge is 2.40. The first kappa shape index (κ1) is 15.7. The normalized spacial score (nSPS) is 20.6. The minimum absolute atomic E-state index is 0.290. The zero-order valence-corrected chi connectivity index (χ0v) is 14.4. The van der Waals surface area contributed by atoms with Crippen LogP contribution in [0, 0.1) is 13.8 Å². The molecule has 4 rings (SSSR count). The summed E-state index contributed by atoms with van der Waals surface area (Å²) in [5, 5.41) is 8.13. The van der Waals surface area contributed by atoms with Crippen LogP contribution in [-0.4, -0.2) is 34.8 Å². The molecule has 1 aliphatic heterocycles. The highest BCUT2D eigenvalue weighted by molar-refractivity contribution is 5.47. The van der Waals surface area contributed by atoms with E-state index in [4.69, 9.17) is 9.47 Å². The SMILES string of the molecule is Cc1ccc(-n2cc(NC3CCC4(CC3)OCCO4)cn2)c(C)c1. The first-order chi connectivity index (χ1) is 11.6. The summed E-state index contributed by atoms with van der Waals surface area (Å²) in [5.74, 6) is -0.290. The lowest BCUT2D eigenvalue weighted by Crippen LogP contribution is -2.39. The summed E-state index contributed by atoms with van der Waals surface area (Å²) in [6.07, 6.45) is 8.05. The fourth-order valence-corrected chi connectivity index (χ4v) is 3.81. The van der Waals surface area contributed by atoms with Crippen molar-refractivity contribution < 1.29 is 9.47 Å². The van der Waals surface area contributed by atoms with E-state index in [0.29, 0.717) is 6.04 Å². The molecule has 5 nitrogen and oxygen atoms in total. The van der Waals surface area contributed by atoms with Crippen molar-refractivity contribution in [2.24, 2.45) is 0 Å². The topological polar surface area (TPSA) is 48.3 Å². The Balaban J connectivity index is 1.41. The van der Waals surface area contributed by atoms with Crippen molar-refractivity contribution in [3.63, 3.8) is 0 Å². The number of ether oxygens (including phenoxy) is 2. The molecule has 2 fully saturated rings. The molecule has 1 aromatic carbocycles. The maximum Gasteiger partial charge on any atom is 0.168 e. The molecule has 1 aliphatic carbocycles. The van der Waals surface area contributed by atoms with Gasteiger partial charge >= 0.3 is 0 Å². The van der Waals surface area contributed by atoms with Gasteiger partial charge < -0.3 is 14.8 Å². The average Bonchev–Trinajstić information content (AvgIpc) is 3.20. The van der Waals surface area contributed by atoms with Crippen molar-refractivity contribution in [2.45, 2.75) is 51.4 Å². The van der Waals surface area contributed by atoms with Gasteiger partial charge in [0, 0.05) is 18.9 Å². The van der Waals surface area contributed by atoms with Crippen LogP contribution in [0.1, 0.15) is 36.8 Å². The van der Waals surface area contributed by atoms with E-state index in [1.54, 1.807) is 0 Å². The molecule has 0 bridgehead atoms. The first-order valence-electron chi connectivity index (χ1n) is 8.80. The Kier molecular flexibility index (Phi) is 4.06. The quantitative estimate of drug-likeness (QED) is 0.936. The smallest absolute Gasteiger partial charge is 0.168 e. The van der Waals surface area contributed by atoms with Crippen LogP contribution in [0.2, 0.25) is 0 Å². The Morgan fingerprint density at radius 1 is 1.17 bits per heavy atom. The number of aromatic nitrogens is 2. The molecule has 0 unspecified atom stereocenters. The first-order valence-corrected chi connectivity index (χ1v) is 8.80. The molecule has 0 amide bonds. The van der Waals surface area contributed by atoms with Gasteiger partial charge in [-0.3, -0.25) is 0 Å². The van der Waals surface area contributed by atoms with E-state index in [1.165, 1.54) is 11.1 Å². The lowest BCUT2D eigenvalue weighted by Gasteiger charge is -2.35. The van der Waals surface area contributed by atoms with Crippen LogP contribution in [0.5, 0.6) is 0 Å². The third-order valence-electron chi connectivity index (χ3n) is 5.11. The highest BCUT2D eigenvalue weighted by atomic mass is 16.7. The largest absolute Gasteiger partial charge is 0.380 e. The van der Waals surface area contributed by atoms with Crippen molar-refractivity contribution in [1.29, 1.82) is 0 Å². The van der Waals surface area contributed by atoms with Gasteiger partial charge in [-0.2, -0.15) is 5.10 Å². The second-order valence-electron chi connectivity index (χ2n) is 6.99. The Labute approximate surface area is 143 Å². The van der Waals surface area contributed by atoms with Gasteiger partial charge in [0.05, 0.1) is 37.0 Å². The summed E-state index contributed by atoms with van der Waals surface area (Å²) < 4.78 is 13.5. The van der Waals surface area contributed by atoms with Crippen molar-refractivity contribution in [1.82, 2.24) is 9.78 Å². The van der Waals surface area contributed by atoms with Gasteiger partial charge in [-0.15, -0.1) is 0 Å². The monoisotopic (exact) mass is 327 g/mol. The van der Waals surface area contributed by atoms with E-state index in [9.17, 15) is 0 Å². The zero-order valence-electron chi connectivity index (χ0n) is 14.4. The zero-order chi connectivity index (χ0) is 16.6. The molecular formula is C19H25N3O2. The number of nitrogens with one attached hydrogen (secondary N) is 1. The third-order valence-corrected chi connectivity index (χ3v) is 5.11. The molecule has 5 heteroatoms. The number of hydrogen-bond donors (Lipinski definition) is 1. The third kappa shape index (κ3) is 3.06.